The van der Waals surface area contributed by atoms with Crippen LogP contribution in [0, 0.1) is 6.92 Å². The van der Waals surface area contributed by atoms with E-state index in [0.29, 0.717) is 5.82 Å². The molecule has 7 nitrogen and oxygen atoms in total. The molecule has 0 unspecified atom stereocenters. The molecule has 1 aromatic carbocycles. The van der Waals surface area contributed by atoms with Gasteiger partial charge in [-0.25, -0.2) is 4.98 Å². The molecule has 0 spiro atoms. The Kier molecular flexibility index (Phi) is 3.99. The second-order valence-electron chi connectivity index (χ2n) is 6.82. The van der Waals surface area contributed by atoms with E-state index < -0.39 is 5.91 Å². The topological polar surface area (TPSA) is 103 Å². The number of aromatic nitrogens is 3. The van der Waals surface area contributed by atoms with Gasteiger partial charge in [0, 0.05) is 36.4 Å². The minimum atomic E-state index is -0.586. The third-order valence-electron chi connectivity index (χ3n) is 5.14. The Morgan fingerprint density at radius 3 is 2.65 bits per heavy atom. The fourth-order valence-corrected chi connectivity index (χ4v) is 3.76. The second-order valence-corrected chi connectivity index (χ2v) is 6.82. The summed E-state index contributed by atoms with van der Waals surface area (Å²) in [6, 6.07) is 8.65. The minimum Gasteiger partial charge on any atom is -0.383 e. The van der Waals surface area contributed by atoms with Crippen molar-refractivity contribution in [1.29, 1.82) is 0 Å². The summed E-state index contributed by atoms with van der Waals surface area (Å²) in [5.74, 6) is -0.224. The second kappa shape index (κ2) is 6.33. The van der Waals surface area contributed by atoms with Gasteiger partial charge in [-0.1, -0.05) is 11.6 Å². The van der Waals surface area contributed by atoms with Crippen LogP contribution in [-0.4, -0.2) is 33.5 Å². The molecule has 0 bridgehead atoms. The number of nitrogens with zero attached hydrogens (tertiary/aromatic N) is 4. The zero-order valence-corrected chi connectivity index (χ0v) is 14.7. The van der Waals surface area contributed by atoms with Crippen LogP contribution in [-0.2, 0) is 0 Å². The van der Waals surface area contributed by atoms with E-state index in [1.165, 1.54) is 16.6 Å². The highest BCUT2D eigenvalue weighted by Gasteiger charge is 2.25. The number of carbonyl (C=O) groups excluding carboxylic acids is 1. The number of pyridine rings is 1. The molecule has 2 aromatic heterocycles. The summed E-state index contributed by atoms with van der Waals surface area (Å²) in [5.41, 5.74) is 15.0. The predicted molar refractivity (Wildman–Crippen MR) is 102 cm³/mol. The van der Waals surface area contributed by atoms with Crippen molar-refractivity contribution in [2.45, 2.75) is 25.8 Å². The first-order valence-electron chi connectivity index (χ1n) is 8.77. The molecular formula is C19H22N6O. The average molecular weight is 350 g/mol. The van der Waals surface area contributed by atoms with Crippen molar-refractivity contribution in [2.75, 3.05) is 23.7 Å². The highest BCUT2D eigenvalue weighted by molar-refractivity contribution is 5.95. The van der Waals surface area contributed by atoms with Crippen molar-refractivity contribution in [2.24, 2.45) is 5.73 Å². The lowest BCUT2D eigenvalue weighted by Gasteiger charge is -2.35. The fraction of sp³-hybridized carbons (Fsp3) is 0.316. The van der Waals surface area contributed by atoms with E-state index in [9.17, 15) is 4.79 Å². The first-order chi connectivity index (χ1) is 12.5. The molecule has 1 fully saturated rings. The first-order valence-corrected chi connectivity index (χ1v) is 8.77. The molecular weight excluding hydrogens is 328 g/mol. The number of primary amides is 1. The van der Waals surface area contributed by atoms with Gasteiger partial charge in [0.25, 0.3) is 5.91 Å². The number of hydrogen-bond acceptors (Lipinski definition) is 5. The van der Waals surface area contributed by atoms with E-state index in [1.54, 1.807) is 6.33 Å². The Bertz CT molecular complexity index is 971. The van der Waals surface area contributed by atoms with Crippen molar-refractivity contribution in [3.8, 4) is 0 Å². The van der Waals surface area contributed by atoms with Crippen LogP contribution in [0.15, 0.2) is 36.8 Å². The van der Waals surface area contributed by atoms with Crippen LogP contribution in [0.25, 0.3) is 10.9 Å². The molecule has 1 amide bonds. The molecule has 134 valence electrons. The zero-order chi connectivity index (χ0) is 18.3. The van der Waals surface area contributed by atoms with Gasteiger partial charge in [-0.3, -0.25) is 9.78 Å². The van der Waals surface area contributed by atoms with Crippen molar-refractivity contribution in [3.63, 3.8) is 0 Å². The summed E-state index contributed by atoms with van der Waals surface area (Å²) in [5, 5.41) is 1.18. The average Bonchev–Trinajstić information content (AvgIpc) is 3.03. The van der Waals surface area contributed by atoms with Gasteiger partial charge in [0.15, 0.2) is 5.69 Å². The van der Waals surface area contributed by atoms with Crippen LogP contribution >= 0.6 is 0 Å². The third kappa shape index (κ3) is 2.75. The highest BCUT2D eigenvalue weighted by atomic mass is 16.1. The lowest BCUT2D eigenvalue weighted by atomic mass is 10.0. The predicted octanol–water partition coefficient (Wildman–Crippen LogP) is 2.26. The van der Waals surface area contributed by atoms with E-state index in [-0.39, 0.29) is 11.7 Å². The number of benzene rings is 1. The van der Waals surface area contributed by atoms with Gasteiger partial charge >= 0.3 is 0 Å². The Balaban J connectivity index is 1.56. The van der Waals surface area contributed by atoms with Crippen LogP contribution in [0.2, 0.25) is 0 Å². The Labute approximate surface area is 151 Å². The summed E-state index contributed by atoms with van der Waals surface area (Å²) in [7, 11) is 0. The molecule has 26 heavy (non-hydrogen) atoms. The summed E-state index contributed by atoms with van der Waals surface area (Å²) in [6.07, 6.45) is 5.34. The molecule has 0 aliphatic carbocycles. The SMILES string of the molecule is Cc1ccc2nccc(N3CCC(n4cnc(C(N)=O)c4N)CC3)c2c1. The van der Waals surface area contributed by atoms with Crippen molar-refractivity contribution in [1.82, 2.24) is 14.5 Å². The van der Waals surface area contributed by atoms with Gasteiger partial charge in [0.1, 0.15) is 5.82 Å². The lowest BCUT2D eigenvalue weighted by molar-refractivity contribution is 0.0997. The normalized spacial score (nSPS) is 15.5. The van der Waals surface area contributed by atoms with E-state index >= 15 is 0 Å². The maximum Gasteiger partial charge on any atom is 0.271 e. The lowest BCUT2D eigenvalue weighted by Crippen LogP contribution is -2.35. The van der Waals surface area contributed by atoms with Gasteiger partial charge in [0.05, 0.1) is 11.8 Å². The first kappa shape index (κ1) is 16.4. The number of nitrogens with two attached hydrogens (primary N) is 2. The number of carbonyl (C=O) groups is 1. The molecule has 3 aromatic rings. The van der Waals surface area contributed by atoms with E-state index in [2.05, 4.69) is 46.1 Å². The molecule has 4 N–H and O–H groups in total. The number of piperidine rings is 1. The number of anilines is 2. The molecule has 1 saturated heterocycles. The van der Waals surface area contributed by atoms with Crippen molar-refractivity contribution in [3.05, 3.63) is 48.0 Å². The quantitative estimate of drug-likeness (QED) is 0.754. The van der Waals surface area contributed by atoms with E-state index in [0.717, 1.165) is 31.4 Å². The van der Waals surface area contributed by atoms with Crippen LogP contribution < -0.4 is 16.4 Å². The number of rotatable bonds is 3. The molecule has 7 heteroatoms. The van der Waals surface area contributed by atoms with Gasteiger partial charge in [-0.15, -0.1) is 0 Å². The molecule has 1 aliphatic heterocycles. The number of fused-ring (bicyclic) bond motifs is 1. The minimum absolute atomic E-state index is 0.156. The third-order valence-corrected chi connectivity index (χ3v) is 5.14. The zero-order valence-electron chi connectivity index (χ0n) is 14.7. The van der Waals surface area contributed by atoms with E-state index in [1.807, 2.05) is 10.8 Å². The van der Waals surface area contributed by atoms with Crippen LogP contribution in [0.5, 0.6) is 0 Å². The number of nitrogen functional groups attached to an aromatic ring is 1. The monoisotopic (exact) mass is 350 g/mol. The number of imidazole rings is 1. The van der Waals surface area contributed by atoms with Gasteiger partial charge in [-0.05, 0) is 38.0 Å². The number of aryl methyl sites for hydroxylation is 1. The maximum atomic E-state index is 11.4. The van der Waals surface area contributed by atoms with Crippen molar-refractivity contribution >= 4 is 28.3 Å². The molecule has 0 saturated carbocycles. The summed E-state index contributed by atoms with van der Waals surface area (Å²) in [4.78, 5) is 22.3. The molecule has 3 heterocycles. The van der Waals surface area contributed by atoms with Gasteiger partial charge in [-0.2, -0.15) is 0 Å². The number of hydrogen-bond donors (Lipinski definition) is 2. The maximum absolute atomic E-state index is 11.4. The van der Waals surface area contributed by atoms with Gasteiger partial charge < -0.3 is 20.9 Å². The van der Waals surface area contributed by atoms with E-state index in [4.69, 9.17) is 11.5 Å². The Morgan fingerprint density at radius 1 is 1.19 bits per heavy atom. The molecule has 4 rings (SSSR count). The summed E-state index contributed by atoms with van der Waals surface area (Å²) in [6.45, 7) is 3.91. The van der Waals surface area contributed by atoms with Crippen LogP contribution in [0.3, 0.4) is 0 Å². The largest absolute Gasteiger partial charge is 0.383 e. The molecule has 0 atom stereocenters. The molecule has 1 aliphatic rings. The van der Waals surface area contributed by atoms with Crippen LogP contribution in [0.1, 0.15) is 34.9 Å². The fourth-order valence-electron chi connectivity index (χ4n) is 3.76. The smallest absolute Gasteiger partial charge is 0.271 e. The summed E-state index contributed by atoms with van der Waals surface area (Å²) >= 11 is 0. The molecule has 0 radical (unpaired) electrons. The van der Waals surface area contributed by atoms with Gasteiger partial charge in [0.2, 0.25) is 0 Å². The highest BCUT2D eigenvalue weighted by Crippen LogP contribution is 2.32. The Hall–Kier alpha value is -3.09. The summed E-state index contributed by atoms with van der Waals surface area (Å²) < 4.78 is 1.88. The van der Waals surface area contributed by atoms with Crippen molar-refractivity contribution < 1.29 is 4.79 Å². The number of amides is 1. The Morgan fingerprint density at radius 2 is 1.96 bits per heavy atom. The standard InChI is InChI=1S/C19H22N6O/c1-12-2-3-15-14(10-12)16(4-7-22-15)24-8-5-13(6-9-24)25-11-23-17(18(25)20)19(21)26/h2-4,7,10-11,13H,5-6,8-9,20H2,1H3,(H2,21,26). The van der Waals surface area contributed by atoms with Crippen LogP contribution in [0.4, 0.5) is 11.5 Å².